The summed E-state index contributed by atoms with van der Waals surface area (Å²) in [6, 6.07) is 0. The van der Waals surface area contributed by atoms with Crippen molar-refractivity contribution in [2.24, 2.45) is 52.3 Å². The quantitative estimate of drug-likeness (QED) is 0.505. The molecule has 11 atom stereocenters. The first-order chi connectivity index (χ1) is 14.7. The fraction of sp³-hybridized carbons (Fsp3) is 0.923. The van der Waals surface area contributed by atoms with Crippen LogP contribution in [0.25, 0.3) is 0 Å². The molecule has 0 aromatic heterocycles. The minimum atomic E-state index is -0.374. The minimum Gasteiger partial charge on any atom is -0.469 e. The van der Waals surface area contributed by atoms with E-state index < -0.39 is 0 Å². The van der Waals surface area contributed by atoms with E-state index >= 15 is 0 Å². The van der Waals surface area contributed by atoms with Crippen molar-refractivity contribution in [2.75, 3.05) is 7.11 Å². The van der Waals surface area contributed by atoms with Gasteiger partial charge in [0.1, 0.15) is 6.29 Å². The first kappa shape index (κ1) is 23.2. The number of carbonyl (C=O) groups excluding carboxylic acids is 2. The summed E-state index contributed by atoms with van der Waals surface area (Å²) in [6.07, 6.45) is 8.23. The summed E-state index contributed by atoms with van der Waals surface area (Å²) in [4.78, 5) is 24.0. The molecule has 4 fully saturated rings. The molecule has 0 saturated heterocycles. The molecular weight excluding hydrogens is 392 g/mol. The van der Waals surface area contributed by atoms with Gasteiger partial charge in [-0.25, -0.2) is 0 Å². The first-order valence-corrected chi connectivity index (χ1v) is 12.5. The van der Waals surface area contributed by atoms with Crippen LogP contribution in [0.4, 0.5) is 0 Å². The van der Waals surface area contributed by atoms with Gasteiger partial charge in [0.15, 0.2) is 0 Å². The maximum absolute atomic E-state index is 12.3. The highest BCUT2D eigenvalue weighted by Gasteiger charge is 2.65. The smallest absolute Gasteiger partial charge is 0.305 e. The third-order valence-corrected chi connectivity index (χ3v) is 10.8. The zero-order chi connectivity index (χ0) is 22.6. The average Bonchev–Trinajstić information content (AvgIpc) is 3.11. The summed E-state index contributed by atoms with van der Waals surface area (Å²) in [6.45, 7) is 6.87. The van der Waals surface area contributed by atoms with Gasteiger partial charge in [0.05, 0.1) is 19.3 Å². The Bertz CT molecular complexity index is 693. The molecule has 2 N–H and O–H groups in total. The molecule has 4 aliphatic rings. The van der Waals surface area contributed by atoms with Crippen molar-refractivity contribution in [1.29, 1.82) is 0 Å². The second-order valence-electron chi connectivity index (χ2n) is 11.9. The molecule has 0 aromatic rings. The normalized spacial score (nSPS) is 50.0. The maximum Gasteiger partial charge on any atom is 0.305 e. The van der Waals surface area contributed by atoms with Gasteiger partial charge in [0.25, 0.3) is 0 Å². The van der Waals surface area contributed by atoms with Gasteiger partial charge in [-0.1, -0.05) is 20.8 Å². The summed E-state index contributed by atoms with van der Waals surface area (Å²) < 4.78 is 4.84. The van der Waals surface area contributed by atoms with Crippen LogP contribution >= 0.6 is 0 Å². The largest absolute Gasteiger partial charge is 0.469 e. The lowest BCUT2D eigenvalue weighted by Gasteiger charge is -2.63. The van der Waals surface area contributed by atoms with E-state index in [2.05, 4.69) is 20.8 Å². The molecular formula is C26H42O5. The van der Waals surface area contributed by atoms with Crippen molar-refractivity contribution in [3.63, 3.8) is 0 Å². The lowest BCUT2D eigenvalue weighted by atomic mass is 9.41. The van der Waals surface area contributed by atoms with Crippen LogP contribution in [0.5, 0.6) is 0 Å². The van der Waals surface area contributed by atoms with E-state index in [9.17, 15) is 19.8 Å². The summed E-state index contributed by atoms with van der Waals surface area (Å²) in [5, 5.41) is 21.9. The number of esters is 1. The highest BCUT2D eigenvalue weighted by atomic mass is 16.5. The van der Waals surface area contributed by atoms with E-state index in [4.69, 9.17) is 4.74 Å². The van der Waals surface area contributed by atoms with E-state index in [1.165, 1.54) is 13.4 Å². The molecule has 0 spiro atoms. The molecule has 0 aliphatic heterocycles. The summed E-state index contributed by atoms with van der Waals surface area (Å²) in [5.74, 6) is 1.99. The van der Waals surface area contributed by atoms with E-state index in [-0.39, 0.29) is 34.9 Å². The van der Waals surface area contributed by atoms with Crippen LogP contribution in [0.15, 0.2) is 0 Å². The Morgan fingerprint density at radius 2 is 1.87 bits per heavy atom. The molecule has 0 aromatic carbocycles. The van der Waals surface area contributed by atoms with Gasteiger partial charge in [0, 0.05) is 12.3 Å². The average molecular weight is 435 g/mol. The van der Waals surface area contributed by atoms with E-state index in [0.717, 1.165) is 51.4 Å². The maximum atomic E-state index is 12.3. The Labute approximate surface area is 187 Å². The monoisotopic (exact) mass is 434 g/mol. The molecule has 0 bridgehead atoms. The number of fused-ring (bicyclic) bond motifs is 5. The molecule has 4 aliphatic carbocycles. The van der Waals surface area contributed by atoms with Crippen molar-refractivity contribution >= 4 is 12.3 Å². The van der Waals surface area contributed by atoms with Crippen molar-refractivity contribution in [1.82, 2.24) is 0 Å². The number of aliphatic hydroxyl groups excluding tert-OH is 2. The fourth-order valence-electron chi connectivity index (χ4n) is 9.02. The van der Waals surface area contributed by atoms with Crippen molar-refractivity contribution in [2.45, 2.75) is 90.8 Å². The van der Waals surface area contributed by atoms with Crippen LogP contribution in [-0.4, -0.2) is 41.8 Å². The van der Waals surface area contributed by atoms with Crippen molar-refractivity contribution in [3.05, 3.63) is 0 Å². The summed E-state index contributed by atoms with van der Waals surface area (Å²) in [7, 11) is 1.44. The van der Waals surface area contributed by atoms with Crippen molar-refractivity contribution < 1.29 is 24.5 Å². The molecule has 0 radical (unpaired) electrons. The molecule has 5 unspecified atom stereocenters. The van der Waals surface area contributed by atoms with Crippen molar-refractivity contribution in [3.8, 4) is 0 Å². The lowest BCUT2D eigenvalue weighted by Crippen LogP contribution is -2.61. The molecule has 5 nitrogen and oxygen atoms in total. The van der Waals surface area contributed by atoms with Crippen LogP contribution in [0.1, 0.15) is 78.6 Å². The second-order valence-corrected chi connectivity index (χ2v) is 11.9. The minimum absolute atomic E-state index is 0.0364. The number of aliphatic hydroxyl groups is 2. The Morgan fingerprint density at radius 1 is 1.13 bits per heavy atom. The first-order valence-electron chi connectivity index (χ1n) is 12.5. The number of hydrogen-bond acceptors (Lipinski definition) is 5. The number of aldehydes is 1. The highest BCUT2D eigenvalue weighted by Crippen LogP contribution is 2.69. The van der Waals surface area contributed by atoms with Crippen LogP contribution < -0.4 is 0 Å². The standard InChI is InChI=1S/C26H42O5/c1-15(5-8-23(30)31-4)19-6-7-20-24-16(14-27)11-17-12-18(28)9-10-25(17,2)21(24)13-22(29)26(19,20)3/h14-22,24,28-29H,5-13H2,1-4H3/t15-,16?,17?,18-,19-,20?,21?,22+,24?,25+,26-/m1/s1. The lowest BCUT2D eigenvalue weighted by molar-refractivity contribution is -0.191. The molecule has 0 heterocycles. The SMILES string of the molecule is COC(=O)CC[C@@H](C)[C@H]1CCC2C3C(C=O)CC4C[C@H](O)CC[C@]4(C)C3C[C@H](O)[C@@]21C. The molecule has 0 amide bonds. The Morgan fingerprint density at radius 3 is 2.55 bits per heavy atom. The number of carbonyl (C=O) groups is 2. The molecule has 4 rings (SSSR count). The predicted molar refractivity (Wildman–Crippen MR) is 118 cm³/mol. The highest BCUT2D eigenvalue weighted by molar-refractivity contribution is 5.69. The predicted octanol–water partition coefficient (Wildman–Crippen LogP) is 3.99. The Kier molecular flexibility index (Phi) is 6.33. The molecule has 4 saturated carbocycles. The van der Waals surface area contributed by atoms with E-state index in [1.54, 1.807) is 0 Å². The third-order valence-electron chi connectivity index (χ3n) is 10.8. The zero-order valence-corrected chi connectivity index (χ0v) is 19.8. The number of hydrogen-bond donors (Lipinski definition) is 2. The van der Waals surface area contributed by atoms with Crippen LogP contribution in [0.2, 0.25) is 0 Å². The number of ether oxygens (including phenoxy) is 1. The van der Waals surface area contributed by atoms with E-state index in [1.807, 2.05) is 0 Å². The van der Waals surface area contributed by atoms with Gasteiger partial charge in [-0.15, -0.1) is 0 Å². The Hall–Kier alpha value is -0.940. The van der Waals surface area contributed by atoms with Gasteiger partial charge < -0.3 is 19.7 Å². The summed E-state index contributed by atoms with van der Waals surface area (Å²) in [5.41, 5.74) is -0.0877. The number of methoxy groups -OCH3 is 1. The van der Waals surface area contributed by atoms with E-state index in [0.29, 0.717) is 41.9 Å². The molecule has 5 heteroatoms. The van der Waals surface area contributed by atoms with Crippen LogP contribution in [0, 0.1) is 52.3 Å². The number of rotatable bonds is 5. The van der Waals surface area contributed by atoms with Gasteiger partial charge in [-0.05, 0) is 97.7 Å². The molecule has 31 heavy (non-hydrogen) atoms. The zero-order valence-electron chi connectivity index (χ0n) is 19.8. The summed E-state index contributed by atoms with van der Waals surface area (Å²) >= 11 is 0. The molecule has 176 valence electrons. The fourth-order valence-corrected chi connectivity index (χ4v) is 9.02. The van der Waals surface area contributed by atoms with Crippen LogP contribution in [0.3, 0.4) is 0 Å². The van der Waals surface area contributed by atoms with Gasteiger partial charge in [-0.3, -0.25) is 4.79 Å². The topological polar surface area (TPSA) is 83.8 Å². The van der Waals surface area contributed by atoms with Gasteiger partial charge >= 0.3 is 5.97 Å². The van der Waals surface area contributed by atoms with Gasteiger partial charge in [0.2, 0.25) is 0 Å². The van der Waals surface area contributed by atoms with Gasteiger partial charge in [-0.2, -0.15) is 0 Å². The second kappa shape index (κ2) is 8.44. The Balaban J connectivity index is 1.61. The van der Waals surface area contributed by atoms with Crippen LogP contribution in [-0.2, 0) is 14.3 Å². The third kappa shape index (κ3) is 3.58.